The molecule has 1 aromatic heterocycles. The Kier molecular flexibility index (Phi) is 6.71. The normalized spacial score (nSPS) is 10.5. The summed E-state index contributed by atoms with van der Waals surface area (Å²) in [6.45, 7) is 3.09. The SMILES string of the molecule is CCCOc1ccc(CNC(=O)c2ccc(-n3cc(Br)cn3)cc2)cc1OC. The zero-order valence-corrected chi connectivity index (χ0v) is 17.4. The molecule has 6 nitrogen and oxygen atoms in total. The molecule has 0 radical (unpaired) electrons. The van der Waals surface area contributed by atoms with Gasteiger partial charge >= 0.3 is 0 Å². The maximum absolute atomic E-state index is 12.4. The predicted octanol–water partition coefficient (Wildman–Crippen LogP) is 4.36. The number of hydrogen-bond acceptors (Lipinski definition) is 4. The Bertz CT molecular complexity index is 938. The van der Waals surface area contributed by atoms with Gasteiger partial charge in [-0.3, -0.25) is 4.79 Å². The van der Waals surface area contributed by atoms with Crippen LogP contribution in [0.5, 0.6) is 11.5 Å². The van der Waals surface area contributed by atoms with Gasteiger partial charge in [0.05, 0.1) is 30.1 Å². The molecule has 0 saturated heterocycles. The Morgan fingerprint density at radius 2 is 1.96 bits per heavy atom. The van der Waals surface area contributed by atoms with Crippen molar-refractivity contribution in [2.24, 2.45) is 0 Å². The van der Waals surface area contributed by atoms with Gasteiger partial charge in [0.1, 0.15) is 0 Å². The lowest BCUT2D eigenvalue weighted by Crippen LogP contribution is -2.22. The monoisotopic (exact) mass is 443 g/mol. The van der Waals surface area contributed by atoms with Gasteiger partial charge in [-0.05, 0) is 64.3 Å². The molecular formula is C21H22BrN3O3. The Balaban J connectivity index is 1.62. The van der Waals surface area contributed by atoms with Gasteiger partial charge in [-0.1, -0.05) is 13.0 Å². The van der Waals surface area contributed by atoms with E-state index in [-0.39, 0.29) is 5.91 Å². The van der Waals surface area contributed by atoms with Crippen molar-refractivity contribution in [1.29, 1.82) is 0 Å². The van der Waals surface area contributed by atoms with E-state index >= 15 is 0 Å². The highest BCUT2D eigenvalue weighted by atomic mass is 79.9. The van der Waals surface area contributed by atoms with Gasteiger partial charge in [-0.25, -0.2) is 4.68 Å². The molecule has 0 bridgehead atoms. The molecular weight excluding hydrogens is 422 g/mol. The van der Waals surface area contributed by atoms with Crippen molar-refractivity contribution < 1.29 is 14.3 Å². The number of carbonyl (C=O) groups is 1. The third kappa shape index (κ3) is 4.92. The molecule has 2 aromatic carbocycles. The number of rotatable bonds is 8. The fourth-order valence-corrected chi connectivity index (χ4v) is 2.93. The van der Waals surface area contributed by atoms with Crippen LogP contribution in [-0.4, -0.2) is 29.4 Å². The number of carbonyl (C=O) groups excluding carboxylic acids is 1. The van der Waals surface area contributed by atoms with E-state index < -0.39 is 0 Å². The maximum Gasteiger partial charge on any atom is 0.251 e. The first-order chi connectivity index (χ1) is 13.6. The molecule has 1 N–H and O–H groups in total. The highest BCUT2D eigenvalue weighted by Gasteiger charge is 2.09. The zero-order valence-electron chi connectivity index (χ0n) is 15.8. The molecule has 0 aliphatic rings. The van der Waals surface area contributed by atoms with Crippen LogP contribution in [0.4, 0.5) is 0 Å². The highest BCUT2D eigenvalue weighted by Crippen LogP contribution is 2.28. The molecule has 3 rings (SSSR count). The van der Waals surface area contributed by atoms with Crippen LogP contribution in [0, 0.1) is 0 Å². The number of methoxy groups -OCH3 is 1. The first-order valence-electron chi connectivity index (χ1n) is 8.99. The molecule has 0 aliphatic heterocycles. The summed E-state index contributed by atoms with van der Waals surface area (Å²) in [5.41, 5.74) is 2.41. The molecule has 1 amide bonds. The van der Waals surface area contributed by atoms with E-state index in [1.54, 1.807) is 30.1 Å². The summed E-state index contributed by atoms with van der Waals surface area (Å²) in [4.78, 5) is 12.4. The summed E-state index contributed by atoms with van der Waals surface area (Å²) in [5.74, 6) is 1.23. The third-order valence-electron chi connectivity index (χ3n) is 4.09. The first kappa shape index (κ1) is 19.9. The highest BCUT2D eigenvalue weighted by molar-refractivity contribution is 9.10. The van der Waals surface area contributed by atoms with Gasteiger partial charge < -0.3 is 14.8 Å². The average Bonchev–Trinajstić information content (AvgIpc) is 3.17. The van der Waals surface area contributed by atoms with E-state index in [2.05, 4.69) is 33.3 Å². The van der Waals surface area contributed by atoms with E-state index in [1.165, 1.54) is 0 Å². The third-order valence-corrected chi connectivity index (χ3v) is 4.50. The van der Waals surface area contributed by atoms with Crippen molar-refractivity contribution in [3.8, 4) is 17.2 Å². The van der Waals surface area contributed by atoms with Crippen LogP contribution in [0.2, 0.25) is 0 Å². The van der Waals surface area contributed by atoms with Crippen LogP contribution in [0.3, 0.4) is 0 Å². The second-order valence-electron chi connectivity index (χ2n) is 6.17. The molecule has 146 valence electrons. The minimum Gasteiger partial charge on any atom is -0.493 e. The van der Waals surface area contributed by atoms with Crippen molar-refractivity contribution in [2.45, 2.75) is 19.9 Å². The number of aromatic nitrogens is 2. The lowest BCUT2D eigenvalue weighted by atomic mass is 10.1. The van der Waals surface area contributed by atoms with Crippen molar-refractivity contribution in [3.05, 3.63) is 70.5 Å². The van der Waals surface area contributed by atoms with Crippen LogP contribution in [0.15, 0.2) is 59.3 Å². The lowest BCUT2D eigenvalue weighted by molar-refractivity contribution is 0.0951. The summed E-state index contributed by atoms with van der Waals surface area (Å²) in [6, 6.07) is 12.9. The maximum atomic E-state index is 12.4. The Hall–Kier alpha value is -2.80. The lowest BCUT2D eigenvalue weighted by Gasteiger charge is -2.12. The minimum absolute atomic E-state index is 0.140. The first-order valence-corrected chi connectivity index (χ1v) is 9.78. The molecule has 28 heavy (non-hydrogen) atoms. The smallest absolute Gasteiger partial charge is 0.251 e. The van der Waals surface area contributed by atoms with Crippen LogP contribution in [0.1, 0.15) is 29.3 Å². The van der Waals surface area contributed by atoms with Gasteiger partial charge in [-0.2, -0.15) is 5.10 Å². The van der Waals surface area contributed by atoms with Crippen LogP contribution in [0.25, 0.3) is 5.69 Å². The van der Waals surface area contributed by atoms with Crippen molar-refractivity contribution in [1.82, 2.24) is 15.1 Å². The quantitative estimate of drug-likeness (QED) is 0.561. The zero-order chi connectivity index (χ0) is 19.9. The molecule has 1 heterocycles. The van der Waals surface area contributed by atoms with E-state index in [0.717, 1.165) is 22.1 Å². The van der Waals surface area contributed by atoms with E-state index in [0.29, 0.717) is 30.2 Å². The molecule has 0 spiro atoms. The number of halogens is 1. The van der Waals surface area contributed by atoms with Gasteiger partial charge in [0.25, 0.3) is 5.91 Å². The summed E-state index contributed by atoms with van der Waals surface area (Å²) in [6.07, 6.45) is 4.50. The minimum atomic E-state index is -0.140. The van der Waals surface area contributed by atoms with Crippen molar-refractivity contribution in [3.63, 3.8) is 0 Å². The Morgan fingerprint density at radius 3 is 2.61 bits per heavy atom. The summed E-state index contributed by atoms with van der Waals surface area (Å²) >= 11 is 3.37. The van der Waals surface area contributed by atoms with Crippen molar-refractivity contribution in [2.75, 3.05) is 13.7 Å². The van der Waals surface area contributed by atoms with Gasteiger partial charge in [-0.15, -0.1) is 0 Å². The number of nitrogens with zero attached hydrogens (tertiary/aromatic N) is 2. The molecule has 0 unspecified atom stereocenters. The summed E-state index contributed by atoms with van der Waals surface area (Å²) < 4.78 is 13.7. The topological polar surface area (TPSA) is 65.4 Å². The van der Waals surface area contributed by atoms with Crippen LogP contribution in [-0.2, 0) is 6.54 Å². The molecule has 7 heteroatoms. The largest absolute Gasteiger partial charge is 0.493 e. The fourth-order valence-electron chi connectivity index (χ4n) is 2.65. The van der Waals surface area contributed by atoms with E-state index in [9.17, 15) is 4.79 Å². The predicted molar refractivity (Wildman–Crippen MR) is 111 cm³/mol. The molecule has 0 fully saturated rings. The van der Waals surface area contributed by atoms with E-state index in [4.69, 9.17) is 9.47 Å². The molecule has 3 aromatic rings. The molecule has 0 saturated carbocycles. The van der Waals surface area contributed by atoms with Gasteiger partial charge in [0.2, 0.25) is 0 Å². The molecule has 0 aliphatic carbocycles. The van der Waals surface area contributed by atoms with Gasteiger partial charge in [0.15, 0.2) is 11.5 Å². The number of benzene rings is 2. The van der Waals surface area contributed by atoms with Crippen LogP contribution >= 0.6 is 15.9 Å². The second kappa shape index (κ2) is 9.41. The molecule has 0 atom stereocenters. The van der Waals surface area contributed by atoms with Gasteiger partial charge in [0, 0.05) is 18.3 Å². The summed E-state index contributed by atoms with van der Waals surface area (Å²) in [5, 5.41) is 7.15. The Morgan fingerprint density at radius 1 is 1.18 bits per heavy atom. The number of ether oxygens (including phenoxy) is 2. The average molecular weight is 444 g/mol. The summed E-state index contributed by atoms with van der Waals surface area (Å²) in [7, 11) is 1.61. The fraction of sp³-hybridized carbons (Fsp3) is 0.238. The number of hydrogen-bond donors (Lipinski definition) is 1. The standard InChI is InChI=1S/C21H22BrN3O3/c1-3-10-28-19-9-4-15(11-20(19)27-2)12-23-21(26)16-5-7-18(8-6-16)25-14-17(22)13-24-25/h4-9,11,13-14H,3,10,12H2,1-2H3,(H,23,26). The van der Waals surface area contributed by atoms with Crippen LogP contribution < -0.4 is 14.8 Å². The van der Waals surface area contributed by atoms with E-state index in [1.807, 2.05) is 36.5 Å². The Labute approximate surface area is 172 Å². The van der Waals surface area contributed by atoms with Crippen molar-refractivity contribution >= 4 is 21.8 Å². The number of nitrogens with one attached hydrogen (secondary N) is 1. The number of amides is 1. The second-order valence-corrected chi connectivity index (χ2v) is 7.08.